The standard InChI is InChI=1S/C34H31F2N5O6S/c1-45-28-18-24-27(19-29(28)47-14-2-11-40-12-15-46-16-13-40)37-10-9-30(24)48-31-8-5-22(17-26(31)36)38-20-25-32(42)39-34(44)41(33(25)43)23-6-3-21(35)4-7-23/h3-10,17-20,43H,2,11-16H2,1H3,(H,39,42,44). The molecule has 0 atom stereocenters. The maximum absolute atomic E-state index is 15.3. The molecule has 11 nitrogen and oxygen atoms in total. The van der Waals surface area contributed by atoms with Crippen LogP contribution in [0.2, 0.25) is 0 Å². The highest BCUT2D eigenvalue weighted by Crippen LogP contribution is 2.39. The lowest BCUT2D eigenvalue weighted by Gasteiger charge is -2.26. The minimum Gasteiger partial charge on any atom is -0.493 e. The molecule has 1 aliphatic heterocycles. The lowest BCUT2D eigenvalue weighted by molar-refractivity contribution is 0.0357. The molecule has 1 aliphatic rings. The van der Waals surface area contributed by atoms with Crippen LogP contribution in [0.25, 0.3) is 16.6 Å². The largest absolute Gasteiger partial charge is 0.493 e. The maximum atomic E-state index is 15.3. The molecule has 0 unspecified atom stereocenters. The molecule has 3 heterocycles. The van der Waals surface area contributed by atoms with Gasteiger partial charge in [0, 0.05) is 59.4 Å². The Hall–Kier alpha value is -5.05. The Bertz CT molecular complexity index is 2080. The Labute approximate surface area is 277 Å². The fraction of sp³-hybridized carbons (Fsp3) is 0.235. The number of aromatic amines is 1. The zero-order valence-electron chi connectivity index (χ0n) is 25.8. The SMILES string of the molecule is COc1cc2c(Sc3ccc(N=Cc4c(O)n(-c5ccc(F)cc5)c(=O)[nH]c4=O)cc3F)ccnc2cc1OCCCN1CCOCC1. The van der Waals surface area contributed by atoms with Gasteiger partial charge in [-0.25, -0.2) is 18.1 Å². The number of morpholine rings is 1. The van der Waals surface area contributed by atoms with Gasteiger partial charge in [-0.1, -0.05) is 11.8 Å². The second kappa shape index (κ2) is 14.8. The highest BCUT2D eigenvalue weighted by atomic mass is 32.2. The number of hydrogen-bond donors (Lipinski definition) is 2. The lowest BCUT2D eigenvalue weighted by atomic mass is 10.2. The van der Waals surface area contributed by atoms with Crippen LogP contribution in [-0.4, -0.2) is 77.3 Å². The normalized spacial score (nSPS) is 13.7. The Morgan fingerprint density at radius 1 is 1.04 bits per heavy atom. The average molecular weight is 676 g/mol. The number of methoxy groups -OCH3 is 1. The number of aromatic hydroxyl groups is 1. The molecule has 6 rings (SSSR count). The van der Waals surface area contributed by atoms with Crippen molar-refractivity contribution in [1.82, 2.24) is 19.4 Å². The van der Waals surface area contributed by atoms with Crippen LogP contribution in [0.5, 0.6) is 17.4 Å². The first-order chi connectivity index (χ1) is 23.3. The summed E-state index contributed by atoms with van der Waals surface area (Å²) in [4.78, 5) is 39.0. The average Bonchev–Trinajstić information content (AvgIpc) is 3.08. The number of ether oxygens (including phenoxy) is 3. The van der Waals surface area contributed by atoms with Crippen molar-refractivity contribution in [3.8, 4) is 23.1 Å². The lowest BCUT2D eigenvalue weighted by Crippen LogP contribution is -2.37. The van der Waals surface area contributed by atoms with Gasteiger partial charge in [-0.05, 0) is 55.0 Å². The van der Waals surface area contributed by atoms with Crippen LogP contribution in [0.4, 0.5) is 14.5 Å². The highest BCUT2D eigenvalue weighted by Gasteiger charge is 2.16. The minimum atomic E-state index is -0.918. The number of pyridine rings is 1. The van der Waals surface area contributed by atoms with Gasteiger partial charge in [0.1, 0.15) is 17.2 Å². The van der Waals surface area contributed by atoms with E-state index >= 15 is 4.39 Å². The van der Waals surface area contributed by atoms with Gasteiger partial charge in [0.05, 0.1) is 43.8 Å². The molecule has 48 heavy (non-hydrogen) atoms. The van der Waals surface area contributed by atoms with Crippen molar-refractivity contribution in [3.63, 3.8) is 0 Å². The van der Waals surface area contributed by atoms with Gasteiger partial charge in [-0.3, -0.25) is 24.7 Å². The third kappa shape index (κ3) is 7.40. The number of nitrogens with one attached hydrogen (secondary N) is 1. The van der Waals surface area contributed by atoms with Crippen molar-refractivity contribution in [3.05, 3.63) is 105 Å². The van der Waals surface area contributed by atoms with Crippen LogP contribution in [0, 0.1) is 11.6 Å². The summed E-state index contributed by atoms with van der Waals surface area (Å²) >= 11 is 1.20. The Balaban J connectivity index is 1.18. The predicted octanol–water partition coefficient (Wildman–Crippen LogP) is 5.07. The molecule has 2 aromatic heterocycles. The van der Waals surface area contributed by atoms with Crippen molar-refractivity contribution >= 4 is 34.6 Å². The number of benzene rings is 3. The summed E-state index contributed by atoms with van der Waals surface area (Å²) in [6.45, 7) is 4.77. The molecule has 0 spiro atoms. The summed E-state index contributed by atoms with van der Waals surface area (Å²) in [6.07, 6.45) is 3.52. The molecule has 1 saturated heterocycles. The van der Waals surface area contributed by atoms with E-state index in [1.165, 1.54) is 30.0 Å². The van der Waals surface area contributed by atoms with E-state index in [4.69, 9.17) is 14.2 Å². The van der Waals surface area contributed by atoms with Gasteiger partial charge in [0.25, 0.3) is 5.56 Å². The van der Waals surface area contributed by atoms with Crippen LogP contribution in [-0.2, 0) is 4.74 Å². The molecule has 1 fully saturated rings. The van der Waals surface area contributed by atoms with E-state index < -0.39 is 28.8 Å². The fourth-order valence-electron chi connectivity index (χ4n) is 5.18. The first-order valence-electron chi connectivity index (χ1n) is 15.1. The Morgan fingerprint density at radius 2 is 1.83 bits per heavy atom. The molecule has 248 valence electrons. The summed E-state index contributed by atoms with van der Waals surface area (Å²) in [5, 5.41) is 11.5. The van der Waals surface area contributed by atoms with Crippen LogP contribution >= 0.6 is 11.8 Å². The molecule has 0 saturated carbocycles. The second-order valence-corrected chi connectivity index (χ2v) is 11.9. The summed E-state index contributed by atoms with van der Waals surface area (Å²) in [5.74, 6) is -0.691. The van der Waals surface area contributed by atoms with Crippen molar-refractivity contribution in [1.29, 1.82) is 0 Å². The fourth-order valence-corrected chi connectivity index (χ4v) is 6.11. The van der Waals surface area contributed by atoms with Crippen LogP contribution < -0.4 is 20.7 Å². The third-order valence-corrected chi connectivity index (χ3v) is 8.78. The third-order valence-electron chi connectivity index (χ3n) is 7.65. The van der Waals surface area contributed by atoms with E-state index in [1.807, 2.05) is 12.1 Å². The number of hydrogen-bond acceptors (Lipinski definition) is 10. The quantitative estimate of drug-likeness (QED) is 0.146. The van der Waals surface area contributed by atoms with Gasteiger partial charge >= 0.3 is 5.69 Å². The summed E-state index contributed by atoms with van der Waals surface area (Å²) in [7, 11) is 1.56. The maximum Gasteiger partial charge on any atom is 0.335 e. The number of aromatic nitrogens is 3. The van der Waals surface area contributed by atoms with E-state index in [1.54, 1.807) is 31.5 Å². The van der Waals surface area contributed by atoms with Gasteiger partial charge in [-0.15, -0.1) is 0 Å². The van der Waals surface area contributed by atoms with E-state index in [2.05, 4.69) is 19.9 Å². The van der Waals surface area contributed by atoms with E-state index in [9.17, 15) is 19.1 Å². The number of fused-ring (bicyclic) bond motifs is 1. The zero-order chi connectivity index (χ0) is 33.6. The van der Waals surface area contributed by atoms with Crippen LogP contribution in [0.1, 0.15) is 12.0 Å². The predicted molar refractivity (Wildman–Crippen MR) is 178 cm³/mol. The van der Waals surface area contributed by atoms with Crippen molar-refractivity contribution in [2.45, 2.75) is 16.2 Å². The summed E-state index contributed by atoms with van der Waals surface area (Å²) in [5.41, 5.74) is -1.20. The topological polar surface area (TPSA) is 131 Å². The monoisotopic (exact) mass is 675 g/mol. The van der Waals surface area contributed by atoms with Gasteiger partial charge in [0.15, 0.2) is 11.5 Å². The molecular weight excluding hydrogens is 644 g/mol. The molecule has 0 amide bonds. The number of rotatable bonds is 11. The molecule has 0 bridgehead atoms. The van der Waals surface area contributed by atoms with Gasteiger partial charge in [-0.2, -0.15) is 0 Å². The van der Waals surface area contributed by atoms with Crippen LogP contribution in [0.3, 0.4) is 0 Å². The number of aliphatic imine (C=N–C) groups is 1. The Morgan fingerprint density at radius 3 is 2.58 bits per heavy atom. The Kier molecular flexibility index (Phi) is 10.1. The molecule has 0 radical (unpaired) electrons. The van der Waals surface area contributed by atoms with E-state index in [-0.39, 0.29) is 16.9 Å². The molecule has 0 aliphatic carbocycles. The molecular formula is C34H31F2N5O6S. The zero-order valence-corrected chi connectivity index (χ0v) is 26.6. The van der Waals surface area contributed by atoms with Crippen LogP contribution in [0.15, 0.2) is 91.2 Å². The van der Waals surface area contributed by atoms with Crippen molar-refractivity contribution < 1.29 is 28.1 Å². The smallest absolute Gasteiger partial charge is 0.335 e. The molecule has 5 aromatic rings. The van der Waals surface area contributed by atoms with E-state index in [0.29, 0.717) is 28.5 Å². The molecule has 2 N–H and O–H groups in total. The first-order valence-corrected chi connectivity index (χ1v) is 15.9. The first kappa shape index (κ1) is 32.9. The van der Waals surface area contributed by atoms with Gasteiger partial charge < -0.3 is 19.3 Å². The number of nitrogens with zero attached hydrogens (tertiary/aromatic N) is 4. The molecule has 3 aromatic carbocycles. The van der Waals surface area contributed by atoms with Crippen molar-refractivity contribution in [2.24, 2.45) is 4.99 Å². The number of H-pyrrole nitrogens is 1. The van der Waals surface area contributed by atoms with Gasteiger partial charge in [0.2, 0.25) is 5.88 Å². The molecule has 14 heteroatoms. The summed E-state index contributed by atoms with van der Waals surface area (Å²) in [6, 6.07) is 14.5. The highest BCUT2D eigenvalue weighted by molar-refractivity contribution is 7.99. The second-order valence-electron chi connectivity index (χ2n) is 10.8. The van der Waals surface area contributed by atoms with E-state index in [0.717, 1.165) is 72.5 Å². The summed E-state index contributed by atoms with van der Waals surface area (Å²) < 4.78 is 46.6. The number of halogens is 2. The van der Waals surface area contributed by atoms with Crippen molar-refractivity contribution in [2.75, 3.05) is 46.6 Å². The minimum absolute atomic E-state index is 0.127.